The molecule has 35 heavy (non-hydrogen) atoms. The van der Waals surface area contributed by atoms with E-state index in [0.29, 0.717) is 21.9 Å². The molecule has 0 saturated heterocycles. The van der Waals surface area contributed by atoms with E-state index in [9.17, 15) is 18.0 Å². The minimum absolute atomic E-state index is 0.169. The second-order valence-electron chi connectivity index (χ2n) is 7.67. The molecule has 7 nitrogen and oxygen atoms in total. The highest BCUT2D eigenvalue weighted by atomic mass is 79.9. The zero-order valence-corrected chi connectivity index (χ0v) is 22.1. The predicted octanol–water partition coefficient (Wildman–Crippen LogP) is 6.09. The molecule has 4 rings (SSSR count). The van der Waals surface area contributed by atoms with Crippen LogP contribution in [0, 0.1) is 0 Å². The molecule has 0 bridgehead atoms. The minimum Gasteiger partial charge on any atom is -0.326 e. The largest absolute Gasteiger partial charge is 0.326 e. The Morgan fingerprint density at radius 3 is 2.14 bits per heavy atom. The molecule has 2 amide bonds. The van der Waals surface area contributed by atoms with Crippen LogP contribution >= 0.6 is 27.3 Å². The molecular weight excluding hydrogens is 550 g/mol. The van der Waals surface area contributed by atoms with Gasteiger partial charge in [-0.3, -0.25) is 13.9 Å². The van der Waals surface area contributed by atoms with Crippen LogP contribution in [0.2, 0.25) is 0 Å². The fourth-order valence-corrected chi connectivity index (χ4v) is 6.22. The van der Waals surface area contributed by atoms with Crippen LogP contribution in [-0.4, -0.2) is 26.8 Å². The fourth-order valence-electron chi connectivity index (χ4n) is 3.56. The summed E-state index contributed by atoms with van der Waals surface area (Å²) in [6, 6.07) is 20.5. The molecule has 180 valence electrons. The zero-order chi connectivity index (χ0) is 25.2. The van der Waals surface area contributed by atoms with Gasteiger partial charge in [0.25, 0.3) is 15.9 Å². The summed E-state index contributed by atoms with van der Waals surface area (Å²) in [6.07, 6.45) is 0. The number of hydrogen-bond donors (Lipinski definition) is 2. The van der Waals surface area contributed by atoms with Gasteiger partial charge in [-0.2, -0.15) is 0 Å². The Labute approximate surface area is 216 Å². The summed E-state index contributed by atoms with van der Waals surface area (Å²) in [7, 11) is -3.74. The lowest BCUT2D eigenvalue weighted by Gasteiger charge is -2.23. The average molecular weight is 573 g/mol. The van der Waals surface area contributed by atoms with Crippen molar-refractivity contribution in [2.24, 2.45) is 0 Å². The standard InChI is InChI=1S/C25H22BrN3O4S2/c1-3-29(35(32,33)22-11-4-18(26)5-12-22)21-10-13-23-17(14-21)15-24(34-23)25(31)28-20-8-6-19(7-9-20)27-16(2)30/h4-15H,3H2,1-2H3,(H,27,30)(H,28,31). The molecule has 0 fully saturated rings. The van der Waals surface area contributed by atoms with E-state index in [1.807, 2.05) is 6.07 Å². The number of fused-ring (bicyclic) bond motifs is 1. The number of nitrogens with zero attached hydrogens (tertiary/aromatic N) is 1. The summed E-state index contributed by atoms with van der Waals surface area (Å²) in [5.74, 6) is -0.437. The SMILES string of the molecule is CCN(c1ccc2sc(C(=O)Nc3ccc(NC(C)=O)cc3)cc2c1)S(=O)(=O)c1ccc(Br)cc1. The highest BCUT2D eigenvalue weighted by Crippen LogP contribution is 2.32. The van der Waals surface area contributed by atoms with Crippen molar-refractivity contribution in [3.8, 4) is 0 Å². The van der Waals surface area contributed by atoms with Crippen LogP contribution in [0.15, 0.2) is 82.2 Å². The molecule has 0 spiro atoms. The maximum absolute atomic E-state index is 13.2. The minimum atomic E-state index is -3.74. The smallest absolute Gasteiger partial charge is 0.265 e. The Morgan fingerprint density at radius 2 is 1.54 bits per heavy atom. The number of carbonyl (C=O) groups is 2. The molecule has 2 N–H and O–H groups in total. The number of nitrogens with one attached hydrogen (secondary N) is 2. The van der Waals surface area contributed by atoms with Gasteiger partial charge in [-0.15, -0.1) is 11.3 Å². The Bertz CT molecular complexity index is 1500. The number of hydrogen-bond acceptors (Lipinski definition) is 5. The van der Waals surface area contributed by atoms with Crippen molar-refractivity contribution in [3.63, 3.8) is 0 Å². The number of sulfonamides is 1. The van der Waals surface area contributed by atoms with Crippen LogP contribution in [-0.2, 0) is 14.8 Å². The molecule has 4 aromatic rings. The van der Waals surface area contributed by atoms with E-state index in [1.165, 1.54) is 22.6 Å². The zero-order valence-electron chi connectivity index (χ0n) is 18.9. The van der Waals surface area contributed by atoms with Crippen molar-refractivity contribution in [2.75, 3.05) is 21.5 Å². The molecular formula is C25H22BrN3O4S2. The fraction of sp³-hybridized carbons (Fsp3) is 0.120. The third-order valence-corrected chi connectivity index (χ3v) is 8.72. The lowest BCUT2D eigenvalue weighted by molar-refractivity contribution is -0.114. The molecule has 0 aliphatic rings. The molecule has 0 atom stereocenters. The van der Waals surface area contributed by atoms with E-state index in [0.717, 1.165) is 14.6 Å². The molecule has 10 heteroatoms. The van der Waals surface area contributed by atoms with Crippen LogP contribution in [0.3, 0.4) is 0 Å². The van der Waals surface area contributed by atoms with Crippen LogP contribution in [0.5, 0.6) is 0 Å². The molecule has 0 unspecified atom stereocenters. The summed E-state index contributed by atoms with van der Waals surface area (Å²) in [4.78, 5) is 24.7. The summed E-state index contributed by atoms with van der Waals surface area (Å²) < 4.78 is 29.5. The van der Waals surface area contributed by atoms with Gasteiger partial charge in [-0.05, 0) is 85.1 Å². The number of thiophene rings is 1. The highest BCUT2D eigenvalue weighted by molar-refractivity contribution is 9.10. The number of carbonyl (C=O) groups excluding carboxylic acids is 2. The third-order valence-electron chi connectivity index (χ3n) is 5.16. The van der Waals surface area contributed by atoms with E-state index in [-0.39, 0.29) is 23.3 Å². The Morgan fingerprint density at radius 1 is 0.914 bits per heavy atom. The van der Waals surface area contributed by atoms with Crippen molar-refractivity contribution >= 4 is 76.3 Å². The second kappa shape index (κ2) is 10.2. The van der Waals surface area contributed by atoms with Gasteiger partial charge in [-0.25, -0.2) is 8.42 Å². The summed E-state index contributed by atoms with van der Waals surface area (Å²) in [5.41, 5.74) is 1.77. The summed E-state index contributed by atoms with van der Waals surface area (Å²) in [6.45, 7) is 3.47. The van der Waals surface area contributed by atoms with Crippen molar-refractivity contribution in [1.29, 1.82) is 0 Å². The van der Waals surface area contributed by atoms with Gasteiger partial charge in [0.05, 0.1) is 15.5 Å². The van der Waals surface area contributed by atoms with Gasteiger partial charge in [0.1, 0.15) is 0 Å². The molecule has 0 aliphatic carbocycles. The van der Waals surface area contributed by atoms with Crippen molar-refractivity contribution < 1.29 is 18.0 Å². The molecule has 0 aliphatic heterocycles. The van der Waals surface area contributed by atoms with Crippen LogP contribution in [0.4, 0.5) is 17.1 Å². The van der Waals surface area contributed by atoms with Gasteiger partial charge in [0, 0.05) is 34.0 Å². The third kappa shape index (κ3) is 5.55. The topological polar surface area (TPSA) is 95.6 Å². The Hall–Kier alpha value is -3.21. The van der Waals surface area contributed by atoms with Crippen molar-refractivity contribution in [2.45, 2.75) is 18.7 Å². The second-order valence-corrected chi connectivity index (χ2v) is 11.5. The summed E-state index contributed by atoms with van der Waals surface area (Å²) >= 11 is 4.66. The normalized spacial score (nSPS) is 11.3. The van der Waals surface area contributed by atoms with Crippen molar-refractivity contribution in [1.82, 2.24) is 0 Å². The van der Waals surface area contributed by atoms with Gasteiger partial charge in [-0.1, -0.05) is 15.9 Å². The monoisotopic (exact) mass is 571 g/mol. The lowest BCUT2D eigenvalue weighted by atomic mass is 10.2. The van der Waals surface area contributed by atoms with Gasteiger partial charge >= 0.3 is 0 Å². The first-order chi connectivity index (χ1) is 16.7. The predicted molar refractivity (Wildman–Crippen MR) is 145 cm³/mol. The van der Waals surface area contributed by atoms with Crippen molar-refractivity contribution in [3.05, 3.63) is 82.1 Å². The first-order valence-corrected chi connectivity index (χ1v) is 13.7. The quantitative estimate of drug-likeness (QED) is 0.280. The first kappa shape index (κ1) is 24.9. The van der Waals surface area contributed by atoms with E-state index in [1.54, 1.807) is 73.7 Å². The number of anilines is 3. The van der Waals surface area contributed by atoms with Gasteiger partial charge in [0.2, 0.25) is 5.91 Å². The van der Waals surface area contributed by atoms with E-state index < -0.39 is 10.0 Å². The molecule has 1 heterocycles. The first-order valence-electron chi connectivity index (χ1n) is 10.7. The maximum Gasteiger partial charge on any atom is 0.265 e. The summed E-state index contributed by atoms with van der Waals surface area (Å²) in [5, 5.41) is 6.31. The molecule has 3 aromatic carbocycles. The van der Waals surface area contributed by atoms with Gasteiger partial charge < -0.3 is 10.6 Å². The maximum atomic E-state index is 13.2. The van der Waals surface area contributed by atoms with Crippen LogP contribution < -0.4 is 14.9 Å². The number of amides is 2. The Kier molecular flexibility index (Phi) is 7.25. The van der Waals surface area contributed by atoms with Gasteiger partial charge in [0.15, 0.2) is 0 Å². The lowest BCUT2D eigenvalue weighted by Crippen LogP contribution is -2.30. The number of benzene rings is 3. The molecule has 0 radical (unpaired) electrons. The Balaban J connectivity index is 1.57. The van der Waals surface area contributed by atoms with Crippen LogP contribution in [0.25, 0.3) is 10.1 Å². The average Bonchev–Trinajstić information content (AvgIpc) is 3.24. The molecule has 1 aromatic heterocycles. The van der Waals surface area contributed by atoms with E-state index >= 15 is 0 Å². The number of rotatable bonds is 7. The molecule has 0 saturated carbocycles. The number of halogens is 1. The van der Waals surface area contributed by atoms with Crippen LogP contribution in [0.1, 0.15) is 23.5 Å². The highest BCUT2D eigenvalue weighted by Gasteiger charge is 2.24. The van der Waals surface area contributed by atoms with E-state index in [2.05, 4.69) is 26.6 Å². The van der Waals surface area contributed by atoms with E-state index in [4.69, 9.17) is 0 Å².